The second-order valence-electron chi connectivity index (χ2n) is 6.22. The lowest BCUT2D eigenvalue weighted by molar-refractivity contribution is -0.150. The molecule has 0 spiro atoms. The minimum atomic E-state index is -1.34. The number of nitrogens with zero attached hydrogens (tertiary/aromatic N) is 1. The van der Waals surface area contributed by atoms with Crippen molar-refractivity contribution in [3.8, 4) is 5.75 Å². The van der Waals surface area contributed by atoms with Crippen LogP contribution in [0.3, 0.4) is 0 Å². The molecule has 0 aromatic heterocycles. The number of hydrogen-bond acceptors (Lipinski definition) is 4. The van der Waals surface area contributed by atoms with E-state index in [0.717, 1.165) is 6.42 Å². The van der Waals surface area contributed by atoms with Crippen LogP contribution in [0.4, 0.5) is 5.69 Å². The number of hydrogen-bond donors (Lipinski definition) is 2. The molecule has 2 fully saturated rings. The van der Waals surface area contributed by atoms with Crippen LogP contribution in [-0.4, -0.2) is 42.6 Å². The molecule has 24 heavy (non-hydrogen) atoms. The van der Waals surface area contributed by atoms with Gasteiger partial charge in [0.05, 0.1) is 12.8 Å². The SMILES string of the molecule is COc1ccccc1N1CCCC(NC(=O)C2(C(=O)O)CC2)C1=O. The molecule has 7 heteroatoms. The Balaban J connectivity index is 1.76. The summed E-state index contributed by atoms with van der Waals surface area (Å²) >= 11 is 0. The Hall–Kier alpha value is -2.57. The van der Waals surface area contributed by atoms with Crippen molar-refractivity contribution >= 4 is 23.5 Å². The van der Waals surface area contributed by atoms with E-state index < -0.39 is 23.3 Å². The maximum atomic E-state index is 12.8. The molecule has 2 amide bonds. The molecule has 3 rings (SSSR count). The molecule has 1 heterocycles. The molecule has 2 N–H and O–H groups in total. The number of para-hydroxylation sites is 2. The molecule has 1 atom stereocenters. The van der Waals surface area contributed by atoms with Gasteiger partial charge in [0.1, 0.15) is 17.2 Å². The van der Waals surface area contributed by atoms with Crippen molar-refractivity contribution in [2.45, 2.75) is 31.7 Å². The average Bonchev–Trinajstić information content (AvgIpc) is 3.39. The predicted octanol–water partition coefficient (Wildman–Crippen LogP) is 1.17. The van der Waals surface area contributed by atoms with Gasteiger partial charge in [-0.2, -0.15) is 0 Å². The van der Waals surface area contributed by atoms with Gasteiger partial charge < -0.3 is 20.1 Å². The second-order valence-corrected chi connectivity index (χ2v) is 6.22. The van der Waals surface area contributed by atoms with E-state index in [-0.39, 0.29) is 5.91 Å². The highest BCUT2D eigenvalue weighted by atomic mass is 16.5. The van der Waals surface area contributed by atoms with Crippen molar-refractivity contribution in [1.29, 1.82) is 0 Å². The van der Waals surface area contributed by atoms with Gasteiger partial charge in [0.15, 0.2) is 0 Å². The third-order valence-corrected chi connectivity index (χ3v) is 4.71. The number of rotatable bonds is 5. The minimum absolute atomic E-state index is 0.236. The largest absolute Gasteiger partial charge is 0.495 e. The van der Waals surface area contributed by atoms with Gasteiger partial charge in [0, 0.05) is 6.54 Å². The highest BCUT2D eigenvalue weighted by Gasteiger charge is 2.57. The van der Waals surface area contributed by atoms with E-state index in [1.54, 1.807) is 17.0 Å². The number of methoxy groups -OCH3 is 1. The van der Waals surface area contributed by atoms with E-state index in [1.807, 2.05) is 12.1 Å². The van der Waals surface area contributed by atoms with Crippen molar-refractivity contribution < 1.29 is 24.2 Å². The highest BCUT2D eigenvalue weighted by Crippen LogP contribution is 2.46. The smallest absolute Gasteiger partial charge is 0.319 e. The molecule has 128 valence electrons. The van der Waals surface area contributed by atoms with Crippen LogP contribution in [0.1, 0.15) is 25.7 Å². The number of benzene rings is 1. The molecule has 7 nitrogen and oxygen atoms in total. The van der Waals surface area contributed by atoms with Crippen molar-refractivity contribution in [3.63, 3.8) is 0 Å². The number of anilines is 1. The van der Waals surface area contributed by atoms with Crippen molar-refractivity contribution in [3.05, 3.63) is 24.3 Å². The van der Waals surface area contributed by atoms with Gasteiger partial charge in [0.2, 0.25) is 11.8 Å². The highest BCUT2D eigenvalue weighted by molar-refractivity contribution is 6.07. The summed E-state index contributed by atoms with van der Waals surface area (Å²) in [7, 11) is 1.54. The normalized spacial score (nSPS) is 22.0. The van der Waals surface area contributed by atoms with Crippen LogP contribution in [0.2, 0.25) is 0 Å². The molecular formula is C17H20N2O5. The molecule has 1 aliphatic carbocycles. The number of aliphatic carboxylic acids is 1. The van der Waals surface area contributed by atoms with Crippen LogP contribution in [0.5, 0.6) is 5.75 Å². The molecule has 0 bridgehead atoms. The van der Waals surface area contributed by atoms with Crippen molar-refractivity contribution in [1.82, 2.24) is 5.32 Å². The first-order chi connectivity index (χ1) is 11.5. The van der Waals surface area contributed by atoms with Crippen LogP contribution >= 0.6 is 0 Å². The lowest BCUT2D eigenvalue weighted by Crippen LogP contribution is -2.54. The van der Waals surface area contributed by atoms with Crippen LogP contribution in [0, 0.1) is 5.41 Å². The summed E-state index contributed by atoms with van der Waals surface area (Å²) in [6.45, 7) is 0.537. The lowest BCUT2D eigenvalue weighted by Gasteiger charge is -2.33. The predicted molar refractivity (Wildman–Crippen MR) is 85.8 cm³/mol. The number of ether oxygens (including phenoxy) is 1. The van der Waals surface area contributed by atoms with E-state index >= 15 is 0 Å². The number of carboxylic acids is 1. The van der Waals surface area contributed by atoms with Gasteiger partial charge in [-0.3, -0.25) is 14.4 Å². The third kappa shape index (κ3) is 2.70. The summed E-state index contributed by atoms with van der Waals surface area (Å²) in [6, 6.07) is 6.50. The van der Waals surface area contributed by atoms with E-state index in [9.17, 15) is 19.5 Å². The van der Waals surface area contributed by atoms with E-state index in [2.05, 4.69) is 5.32 Å². The molecule has 1 unspecified atom stereocenters. The van der Waals surface area contributed by atoms with E-state index in [1.165, 1.54) is 7.11 Å². The number of carboxylic acid groups (broad SMARTS) is 1. The van der Waals surface area contributed by atoms with E-state index in [4.69, 9.17) is 4.74 Å². The number of nitrogens with one attached hydrogen (secondary N) is 1. The van der Waals surface area contributed by atoms with E-state index in [0.29, 0.717) is 37.2 Å². The fourth-order valence-electron chi connectivity index (χ4n) is 3.06. The number of carbonyl (C=O) groups is 3. The number of amides is 2. The van der Waals surface area contributed by atoms with Gasteiger partial charge in [0.25, 0.3) is 0 Å². The zero-order valence-corrected chi connectivity index (χ0v) is 13.4. The first-order valence-corrected chi connectivity index (χ1v) is 7.98. The van der Waals surface area contributed by atoms with Crippen LogP contribution in [-0.2, 0) is 14.4 Å². The average molecular weight is 332 g/mol. The monoisotopic (exact) mass is 332 g/mol. The Kier molecular flexibility index (Phi) is 4.17. The molecule has 1 saturated carbocycles. The summed E-state index contributed by atoms with van der Waals surface area (Å²) in [5.41, 5.74) is -0.684. The standard InChI is InChI=1S/C17H20N2O5/c1-24-13-7-3-2-6-12(13)19-10-4-5-11(14(19)20)18-15(21)17(8-9-17)16(22)23/h2-3,6-7,11H,4-5,8-10H2,1H3,(H,18,21)(H,22,23). The van der Waals surface area contributed by atoms with Gasteiger partial charge in [-0.15, -0.1) is 0 Å². The molecule has 2 aliphatic rings. The second kappa shape index (κ2) is 6.14. The van der Waals surface area contributed by atoms with Gasteiger partial charge in [-0.25, -0.2) is 0 Å². The van der Waals surface area contributed by atoms with Crippen LogP contribution in [0.15, 0.2) is 24.3 Å². The molecule has 0 radical (unpaired) electrons. The topological polar surface area (TPSA) is 95.9 Å². The molecular weight excluding hydrogens is 312 g/mol. The Morgan fingerprint density at radius 1 is 1.33 bits per heavy atom. The number of piperidine rings is 1. The summed E-state index contributed by atoms with van der Waals surface area (Å²) in [5, 5.41) is 11.8. The lowest BCUT2D eigenvalue weighted by atomic mass is 10.0. The minimum Gasteiger partial charge on any atom is -0.495 e. The number of carbonyl (C=O) groups excluding carboxylic acids is 2. The quantitative estimate of drug-likeness (QED) is 0.789. The van der Waals surface area contributed by atoms with Gasteiger partial charge in [-0.1, -0.05) is 12.1 Å². The Morgan fingerprint density at radius 2 is 2.04 bits per heavy atom. The Bertz CT molecular complexity index is 683. The van der Waals surface area contributed by atoms with Gasteiger partial charge >= 0.3 is 5.97 Å². The van der Waals surface area contributed by atoms with Crippen LogP contribution in [0.25, 0.3) is 0 Å². The molecule has 1 aromatic rings. The fourth-order valence-corrected chi connectivity index (χ4v) is 3.06. The zero-order chi connectivity index (χ0) is 17.3. The molecule has 1 saturated heterocycles. The summed E-state index contributed by atoms with van der Waals surface area (Å²) in [6.07, 6.45) is 1.87. The van der Waals surface area contributed by atoms with Crippen LogP contribution < -0.4 is 15.0 Å². The third-order valence-electron chi connectivity index (χ3n) is 4.71. The molecule has 1 aliphatic heterocycles. The van der Waals surface area contributed by atoms with Crippen molar-refractivity contribution in [2.75, 3.05) is 18.6 Å². The fraction of sp³-hybridized carbons (Fsp3) is 0.471. The van der Waals surface area contributed by atoms with Gasteiger partial charge in [-0.05, 0) is 37.8 Å². The molecule has 1 aromatic carbocycles. The zero-order valence-electron chi connectivity index (χ0n) is 13.4. The maximum absolute atomic E-state index is 12.8. The summed E-state index contributed by atoms with van der Waals surface area (Å²) < 4.78 is 5.30. The summed E-state index contributed by atoms with van der Waals surface area (Å²) in [5.74, 6) is -1.33. The van der Waals surface area contributed by atoms with Crippen molar-refractivity contribution in [2.24, 2.45) is 5.41 Å². The Morgan fingerprint density at radius 3 is 2.67 bits per heavy atom. The first kappa shape index (κ1) is 16.3. The Labute approximate surface area is 139 Å². The first-order valence-electron chi connectivity index (χ1n) is 7.98. The summed E-state index contributed by atoms with van der Waals surface area (Å²) in [4.78, 5) is 37.9. The maximum Gasteiger partial charge on any atom is 0.319 e.